The van der Waals surface area contributed by atoms with Gasteiger partial charge in [0, 0.05) is 6.04 Å². The Hall–Kier alpha value is -2.04. The van der Waals surface area contributed by atoms with E-state index in [4.69, 9.17) is 4.74 Å². The topological polar surface area (TPSA) is 67.4 Å². The van der Waals surface area contributed by atoms with Gasteiger partial charge in [0.2, 0.25) is 5.91 Å². The molecule has 1 aliphatic rings. The quantitative estimate of drug-likeness (QED) is 0.807. The first-order valence-corrected chi connectivity index (χ1v) is 8.86. The van der Waals surface area contributed by atoms with Crippen LogP contribution in [0.5, 0.6) is 5.75 Å². The van der Waals surface area contributed by atoms with Crippen LogP contribution in [0.3, 0.4) is 0 Å². The second-order valence-corrected chi connectivity index (χ2v) is 6.61. The molecule has 132 valence electrons. The maximum Gasteiger partial charge on any atom is 0.255 e. The lowest BCUT2D eigenvalue weighted by Crippen LogP contribution is -2.51. The van der Waals surface area contributed by atoms with Crippen molar-refractivity contribution < 1.29 is 14.3 Å². The van der Waals surface area contributed by atoms with Gasteiger partial charge in [0.15, 0.2) is 0 Å². The van der Waals surface area contributed by atoms with Crippen LogP contribution in [-0.2, 0) is 4.79 Å². The molecule has 5 heteroatoms. The highest BCUT2D eigenvalue weighted by Crippen LogP contribution is 2.20. The van der Waals surface area contributed by atoms with E-state index in [1.165, 1.54) is 0 Å². The zero-order chi connectivity index (χ0) is 17.5. The zero-order valence-corrected chi connectivity index (χ0v) is 14.8. The number of rotatable bonds is 7. The normalized spacial score (nSPS) is 16.0. The predicted octanol–water partition coefficient (Wildman–Crippen LogP) is 2.90. The van der Waals surface area contributed by atoms with Crippen LogP contribution < -0.4 is 15.4 Å². The average Bonchev–Trinajstić information content (AvgIpc) is 3.05. The van der Waals surface area contributed by atoms with Gasteiger partial charge in [0.05, 0.1) is 12.2 Å². The molecule has 0 radical (unpaired) electrons. The third-order valence-electron chi connectivity index (χ3n) is 4.37. The highest BCUT2D eigenvalue weighted by atomic mass is 16.5. The molecule has 5 nitrogen and oxygen atoms in total. The summed E-state index contributed by atoms with van der Waals surface area (Å²) in [4.78, 5) is 25.2. The maximum absolute atomic E-state index is 12.6. The summed E-state index contributed by atoms with van der Waals surface area (Å²) in [7, 11) is 0. The van der Waals surface area contributed by atoms with Crippen molar-refractivity contribution in [2.75, 3.05) is 6.61 Å². The third kappa shape index (κ3) is 4.73. The van der Waals surface area contributed by atoms with Gasteiger partial charge in [0.1, 0.15) is 11.8 Å². The number of hydrogen-bond acceptors (Lipinski definition) is 3. The zero-order valence-electron chi connectivity index (χ0n) is 14.8. The number of nitrogens with one attached hydrogen (secondary N) is 2. The number of para-hydroxylation sites is 1. The van der Waals surface area contributed by atoms with E-state index in [1.54, 1.807) is 18.2 Å². The molecule has 1 fully saturated rings. The number of carbonyl (C=O) groups excluding carboxylic acids is 2. The first-order valence-electron chi connectivity index (χ1n) is 8.86. The van der Waals surface area contributed by atoms with Gasteiger partial charge in [-0.1, -0.05) is 38.8 Å². The Morgan fingerprint density at radius 1 is 1.21 bits per heavy atom. The predicted molar refractivity (Wildman–Crippen MR) is 94.1 cm³/mol. The third-order valence-corrected chi connectivity index (χ3v) is 4.37. The van der Waals surface area contributed by atoms with Crippen LogP contribution in [0, 0.1) is 5.92 Å². The van der Waals surface area contributed by atoms with Crippen LogP contribution in [0.25, 0.3) is 0 Å². The molecule has 0 spiro atoms. The Bertz CT molecular complexity index is 565. The van der Waals surface area contributed by atoms with Crippen molar-refractivity contribution in [3.8, 4) is 5.75 Å². The molecule has 1 aromatic carbocycles. The van der Waals surface area contributed by atoms with Crippen molar-refractivity contribution in [1.82, 2.24) is 10.6 Å². The fourth-order valence-corrected chi connectivity index (χ4v) is 3.05. The Morgan fingerprint density at radius 3 is 2.50 bits per heavy atom. The van der Waals surface area contributed by atoms with Gasteiger partial charge < -0.3 is 15.4 Å². The van der Waals surface area contributed by atoms with Gasteiger partial charge in [-0.2, -0.15) is 0 Å². The number of amides is 2. The molecular formula is C19H28N2O3. The molecule has 1 aromatic rings. The summed E-state index contributed by atoms with van der Waals surface area (Å²) < 4.78 is 5.51. The molecular weight excluding hydrogens is 304 g/mol. The molecule has 0 saturated heterocycles. The van der Waals surface area contributed by atoms with Gasteiger partial charge in [-0.3, -0.25) is 9.59 Å². The molecule has 24 heavy (non-hydrogen) atoms. The minimum atomic E-state index is -0.548. The minimum absolute atomic E-state index is 0.00890. The van der Waals surface area contributed by atoms with Crippen LogP contribution in [0.1, 0.15) is 56.8 Å². The van der Waals surface area contributed by atoms with Crippen molar-refractivity contribution in [3.63, 3.8) is 0 Å². The van der Waals surface area contributed by atoms with Gasteiger partial charge in [-0.15, -0.1) is 0 Å². The van der Waals surface area contributed by atoms with Gasteiger partial charge in [-0.05, 0) is 37.8 Å². The number of carbonyl (C=O) groups is 2. The van der Waals surface area contributed by atoms with E-state index < -0.39 is 6.04 Å². The number of ether oxygens (including phenoxy) is 1. The van der Waals surface area contributed by atoms with Crippen molar-refractivity contribution in [2.45, 2.75) is 58.5 Å². The molecule has 0 unspecified atom stereocenters. The Labute approximate surface area is 144 Å². The van der Waals surface area contributed by atoms with E-state index in [-0.39, 0.29) is 23.8 Å². The van der Waals surface area contributed by atoms with Crippen LogP contribution in [0.2, 0.25) is 0 Å². The molecule has 2 rings (SSSR count). The van der Waals surface area contributed by atoms with E-state index in [9.17, 15) is 9.59 Å². The van der Waals surface area contributed by atoms with Crippen molar-refractivity contribution in [1.29, 1.82) is 0 Å². The highest BCUT2D eigenvalue weighted by molar-refractivity contribution is 5.99. The molecule has 0 aromatic heterocycles. The largest absolute Gasteiger partial charge is 0.493 e. The SMILES string of the molecule is CCOc1ccccc1C(=O)N[C@H](C(=O)NC1CCCC1)C(C)C. The first kappa shape index (κ1) is 18.3. The van der Waals surface area contributed by atoms with Crippen molar-refractivity contribution in [2.24, 2.45) is 5.92 Å². The lowest BCUT2D eigenvalue weighted by atomic mass is 10.0. The monoisotopic (exact) mass is 332 g/mol. The standard InChI is InChI=1S/C19H28N2O3/c1-4-24-16-12-8-7-11-15(16)18(22)21-17(13(2)3)19(23)20-14-9-5-6-10-14/h7-8,11-14,17H,4-6,9-10H2,1-3H3,(H,20,23)(H,21,22)/t17-/m0/s1. The first-order chi connectivity index (χ1) is 11.5. The van der Waals surface area contributed by atoms with Crippen molar-refractivity contribution >= 4 is 11.8 Å². The fourth-order valence-electron chi connectivity index (χ4n) is 3.05. The van der Waals surface area contributed by atoms with Crippen LogP contribution in [0.15, 0.2) is 24.3 Å². The van der Waals surface area contributed by atoms with Crippen LogP contribution >= 0.6 is 0 Å². The summed E-state index contributed by atoms with van der Waals surface area (Å²) in [6, 6.07) is 6.79. The fraction of sp³-hybridized carbons (Fsp3) is 0.579. The van der Waals surface area contributed by atoms with Gasteiger partial charge in [0.25, 0.3) is 5.91 Å². The summed E-state index contributed by atoms with van der Waals surface area (Å²) >= 11 is 0. The minimum Gasteiger partial charge on any atom is -0.493 e. The molecule has 1 atom stereocenters. The molecule has 0 heterocycles. The van der Waals surface area contributed by atoms with E-state index in [1.807, 2.05) is 26.8 Å². The number of benzene rings is 1. The number of hydrogen-bond donors (Lipinski definition) is 2. The lowest BCUT2D eigenvalue weighted by molar-refractivity contribution is -0.124. The average molecular weight is 332 g/mol. The molecule has 0 bridgehead atoms. The maximum atomic E-state index is 12.6. The van der Waals surface area contributed by atoms with E-state index >= 15 is 0 Å². The molecule has 1 saturated carbocycles. The summed E-state index contributed by atoms with van der Waals surface area (Å²) in [5.41, 5.74) is 0.457. The second kappa shape index (κ2) is 8.71. The lowest BCUT2D eigenvalue weighted by Gasteiger charge is -2.24. The van der Waals surface area contributed by atoms with Crippen LogP contribution in [0.4, 0.5) is 0 Å². The summed E-state index contributed by atoms with van der Waals surface area (Å²) in [6.45, 7) is 6.24. The Balaban J connectivity index is 2.06. The molecule has 2 amide bonds. The summed E-state index contributed by atoms with van der Waals surface area (Å²) in [5.74, 6) is 0.171. The van der Waals surface area contributed by atoms with Crippen molar-refractivity contribution in [3.05, 3.63) is 29.8 Å². The van der Waals surface area contributed by atoms with Gasteiger partial charge >= 0.3 is 0 Å². The summed E-state index contributed by atoms with van der Waals surface area (Å²) in [6.07, 6.45) is 4.37. The second-order valence-electron chi connectivity index (χ2n) is 6.61. The molecule has 2 N–H and O–H groups in total. The van der Waals surface area contributed by atoms with E-state index in [0.717, 1.165) is 25.7 Å². The summed E-state index contributed by atoms with van der Waals surface area (Å²) in [5, 5.41) is 5.95. The van der Waals surface area contributed by atoms with Crippen LogP contribution in [-0.4, -0.2) is 30.5 Å². The molecule has 1 aliphatic carbocycles. The molecule has 0 aliphatic heterocycles. The van der Waals surface area contributed by atoms with E-state index in [0.29, 0.717) is 17.9 Å². The Kier molecular flexibility index (Phi) is 6.64. The van der Waals surface area contributed by atoms with Gasteiger partial charge in [-0.25, -0.2) is 0 Å². The Morgan fingerprint density at radius 2 is 1.88 bits per heavy atom. The smallest absolute Gasteiger partial charge is 0.255 e. The van der Waals surface area contributed by atoms with E-state index in [2.05, 4.69) is 10.6 Å². The highest BCUT2D eigenvalue weighted by Gasteiger charge is 2.28.